The average Bonchev–Trinajstić information content (AvgIpc) is 3.50. The largest absolute Gasteiger partial charge is 0.456 e. The summed E-state index contributed by atoms with van der Waals surface area (Å²) in [6.07, 6.45) is 0. The van der Waals surface area contributed by atoms with Gasteiger partial charge in [-0.15, -0.1) is 0 Å². The van der Waals surface area contributed by atoms with Gasteiger partial charge in [-0.05, 0) is 89.3 Å². The van der Waals surface area contributed by atoms with Gasteiger partial charge in [-0.2, -0.15) is 0 Å². The first-order chi connectivity index (χ1) is 23.0. The second-order valence-corrected chi connectivity index (χ2v) is 12.6. The van der Waals surface area contributed by atoms with E-state index < -0.39 is 0 Å². The number of benzene rings is 8. The van der Waals surface area contributed by atoms with E-state index in [1.54, 1.807) is 0 Å². The van der Waals surface area contributed by atoms with Crippen LogP contribution >= 0.6 is 0 Å². The number of furan rings is 1. The van der Waals surface area contributed by atoms with Gasteiger partial charge in [-0.25, -0.2) is 0 Å². The van der Waals surface area contributed by atoms with Gasteiger partial charge in [0.15, 0.2) is 0 Å². The lowest BCUT2D eigenvalue weighted by Gasteiger charge is -2.18. The molecule has 0 saturated carbocycles. The van der Waals surface area contributed by atoms with Gasteiger partial charge in [0.2, 0.25) is 0 Å². The van der Waals surface area contributed by atoms with Crippen LogP contribution in [0, 0.1) is 0 Å². The predicted octanol–water partition coefficient (Wildman–Crippen LogP) is 13.2. The summed E-state index contributed by atoms with van der Waals surface area (Å²) in [4.78, 5) is 0. The van der Waals surface area contributed by atoms with Crippen molar-refractivity contribution in [1.82, 2.24) is 0 Å². The maximum atomic E-state index is 8.06. The van der Waals surface area contributed by atoms with Crippen LogP contribution in [0.5, 0.6) is 0 Å². The lowest BCUT2D eigenvalue weighted by molar-refractivity contribution is 0.657. The van der Waals surface area contributed by atoms with E-state index in [1.165, 1.54) is 65.9 Å². The Kier molecular flexibility index (Phi) is 5.83. The van der Waals surface area contributed by atoms with Crippen molar-refractivity contribution in [3.8, 4) is 33.4 Å². The molecule has 218 valence electrons. The topological polar surface area (TPSA) is 13.1 Å². The second-order valence-electron chi connectivity index (χ2n) is 12.6. The third-order valence-corrected chi connectivity index (χ3v) is 9.57. The van der Waals surface area contributed by atoms with Crippen molar-refractivity contribution in [3.63, 3.8) is 0 Å². The molecule has 0 saturated heterocycles. The summed E-state index contributed by atoms with van der Waals surface area (Å²) in [6, 6.07) is 52.6. The highest BCUT2D eigenvalue weighted by Gasteiger charge is 2.19. The molecule has 1 aromatic heterocycles. The minimum atomic E-state index is 0.365. The Morgan fingerprint density at radius 3 is 1.76 bits per heavy atom. The first kappa shape index (κ1) is 25.6. The van der Waals surface area contributed by atoms with E-state index in [2.05, 4.69) is 141 Å². The van der Waals surface area contributed by atoms with Gasteiger partial charge in [0, 0.05) is 10.8 Å². The van der Waals surface area contributed by atoms with Gasteiger partial charge in [-0.3, -0.25) is 0 Å². The van der Waals surface area contributed by atoms with Gasteiger partial charge in [0.25, 0.3) is 0 Å². The van der Waals surface area contributed by atoms with Crippen molar-refractivity contribution >= 4 is 54.3 Å². The van der Waals surface area contributed by atoms with Crippen molar-refractivity contribution in [1.29, 1.82) is 0 Å². The summed E-state index contributed by atoms with van der Waals surface area (Å²) in [5.41, 5.74) is 10.4. The maximum Gasteiger partial charge on any atom is 0.139 e. The highest BCUT2D eigenvalue weighted by Crippen LogP contribution is 2.45. The molecule has 0 aliphatic heterocycles. The fourth-order valence-corrected chi connectivity index (χ4v) is 7.39. The average molecular weight is 590 g/mol. The summed E-state index contributed by atoms with van der Waals surface area (Å²) in [6.45, 7) is 4.45. The van der Waals surface area contributed by atoms with Crippen LogP contribution in [0.15, 0.2) is 156 Å². The minimum Gasteiger partial charge on any atom is -0.456 e. The first-order valence-electron chi connectivity index (χ1n) is 16.5. The van der Waals surface area contributed by atoms with Crippen LogP contribution in [0.3, 0.4) is 0 Å². The van der Waals surface area contributed by atoms with Crippen LogP contribution in [-0.2, 0) is 0 Å². The normalized spacial score (nSPS) is 12.2. The molecule has 0 spiro atoms. The van der Waals surface area contributed by atoms with Crippen LogP contribution in [-0.4, -0.2) is 0 Å². The Morgan fingerprint density at radius 1 is 0.500 bits per heavy atom. The maximum absolute atomic E-state index is 8.06. The van der Waals surface area contributed by atoms with Gasteiger partial charge >= 0.3 is 0 Å². The number of hydrogen-bond donors (Lipinski definition) is 0. The lowest BCUT2D eigenvalue weighted by atomic mass is 9.85. The van der Waals surface area contributed by atoms with Crippen LogP contribution in [0.2, 0.25) is 0 Å². The fraction of sp³-hybridized carbons (Fsp3) is 0.0667. The van der Waals surface area contributed by atoms with Crippen molar-refractivity contribution < 1.29 is 5.79 Å². The van der Waals surface area contributed by atoms with Crippen LogP contribution in [0.1, 0.15) is 26.7 Å². The predicted molar refractivity (Wildman–Crippen MR) is 197 cm³/mol. The zero-order valence-electron chi connectivity index (χ0n) is 26.8. The molecule has 0 N–H and O–H groups in total. The molecule has 1 heteroatoms. The minimum absolute atomic E-state index is 0.365. The number of para-hydroxylation sites is 1. The van der Waals surface area contributed by atoms with Crippen molar-refractivity contribution in [2.75, 3.05) is 0 Å². The molecule has 0 amide bonds. The SMILES string of the molecule is [2H]c1ccc2cc(-c3c4ccccc4c(-c4ccc(-c5ccc(C(C)C)c6oc7ccccc7c56)cc4)c4ccccc34)ccc2c1. The molecule has 46 heavy (non-hydrogen) atoms. The molecule has 9 rings (SSSR count). The summed E-state index contributed by atoms with van der Waals surface area (Å²) in [7, 11) is 0. The molecule has 0 unspecified atom stereocenters. The summed E-state index contributed by atoms with van der Waals surface area (Å²) in [5.74, 6) is 0.365. The summed E-state index contributed by atoms with van der Waals surface area (Å²) < 4.78 is 14.5. The third-order valence-electron chi connectivity index (χ3n) is 9.57. The highest BCUT2D eigenvalue weighted by atomic mass is 16.3. The Balaban J connectivity index is 1.24. The number of rotatable bonds is 4. The van der Waals surface area contributed by atoms with Crippen molar-refractivity contribution in [3.05, 3.63) is 157 Å². The van der Waals surface area contributed by atoms with Gasteiger partial charge in [0.05, 0.1) is 1.37 Å². The molecule has 9 aromatic rings. The van der Waals surface area contributed by atoms with Gasteiger partial charge in [0.1, 0.15) is 11.2 Å². The Bertz CT molecular complexity index is 2600. The monoisotopic (exact) mass is 589 g/mol. The quantitative estimate of drug-likeness (QED) is 0.186. The number of hydrogen-bond acceptors (Lipinski definition) is 1. The first-order valence-corrected chi connectivity index (χ1v) is 16.0. The van der Waals surface area contributed by atoms with Crippen LogP contribution in [0.25, 0.3) is 87.6 Å². The van der Waals surface area contributed by atoms with Crippen LogP contribution in [0.4, 0.5) is 0 Å². The molecular weight excluding hydrogens is 556 g/mol. The van der Waals surface area contributed by atoms with E-state index in [0.717, 1.165) is 27.3 Å². The zero-order chi connectivity index (χ0) is 31.6. The molecular formula is C45H32O. The van der Waals surface area contributed by atoms with Crippen molar-refractivity contribution in [2.24, 2.45) is 0 Å². The third kappa shape index (κ3) is 4.09. The van der Waals surface area contributed by atoms with Crippen molar-refractivity contribution in [2.45, 2.75) is 19.8 Å². The van der Waals surface area contributed by atoms with E-state index in [-0.39, 0.29) is 0 Å². The molecule has 0 aliphatic carbocycles. The number of fused-ring (bicyclic) bond motifs is 6. The van der Waals surface area contributed by atoms with E-state index in [0.29, 0.717) is 12.0 Å². The Labute approximate surface area is 269 Å². The van der Waals surface area contributed by atoms with Gasteiger partial charge in [-0.1, -0.05) is 153 Å². The van der Waals surface area contributed by atoms with Crippen LogP contribution < -0.4 is 0 Å². The molecule has 0 atom stereocenters. The van der Waals surface area contributed by atoms with E-state index >= 15 is 0 Å². The summed E-state index contributed by atoms with van der Waals surface area (Å²) in [5, 5.41) is 9.52. The summed E-state index contributed by atoms with van der Waals surface area (Å²) >= 11 is 0. The van der Waals surface area contributed by atoms with E-state index in [9.17, 15) is 0 Å². The lowest BCUT2D eigenvalue weighted by Crippen LogP contribution is -1.91. The standard InChI is InChI=1S/C45H32O/c1-28(2)34-25-26-35(44-40-17-9-10-18-41(40)46-45(34)44)30-20-22-31(23-21-30)42-36-13-5-7-15-38(36)43(39-16-8-6-14-37(39)42)33-24-19-29-11-3-4-12-32(29)27-33/h3-28H,1-2H3/i3D. The molecule has 1 heterocycles. The molecule has 1 nitrogen and oxygen atoms in total. The van der Waals surface area contributed by atoms with E-state index in [4.69, 9.17) is 5.79 Å². The zero-order valence-corrected chi connectivity index (χ0v) is 25.8. The Morgan fingerprint density at radius 2 is 1.09 bits per heavy atom. The second kappa shape index (κ2) is 10.5. The highest BCUT2D eigenvalue weighted by molar-refractivity contribution is 6.22. The fourth-order valence-electron chi connectivity index (χ4n) is 7.39. The molecule has 0 fully saturated rings. The molecule has 0 radical (unpaired) electrons. The van der Waals surface area contributed by atoms with Gasteiger partial charge < -0.3 is 4.42 Å². The molecule has 8 aromatic carbocycles. The smallest absolute Gasteiger partial charge is 0.139 e. The van der Waals surface area contributed by atoms with E-state index in [1.807, 2.05) is 18.2 Å². The molecule has 0 bridgehead atoms. The molecule has 0 aliphatic rings. The Hall–Kier alpha value is -5.66.